The number of hydrogen-bond acceptors (Lipinski definition) is 3. The molecule has 106 valence electrons. The van der Waals surface area contributed by atoms with Crippen LogP contribution < -0.4 is 10.6 Å². The van der Waals surface area contributed by atoms with Crippen molar-refractivity contribution in [1.82, 2.24) is 5.32 Å². The van der Waals surface area contributed by atoms with Crippen LogP contribution in [0.5, 0.6) is 0 Å². The zero-order chi connectivity index (χ0) is 12.0. The van der Waals surface area contributed by atoms with Gasteiger partial charge < -0.3 is 15.7 Å². The molecular formula is C13H24Cl2N2O. The van der Waals surface area contributed by atoms with Crippen LogP contribution in [0.2, 0.25) is 0 Å². The van der Waals surface area contributed by atoms with E-state index >= 15 is 0 Å². The van der Waals surface area contributed by atoms with E-state index in [0.29, 0.717) is 19.1 Å². The smallest absolute Gasteiger partial charge is 0.0836 e. The maximum atomic E-state index is 9.73. The summed E-state index contributed by atoms with van der Waals surface area (Å²) in [7, 11) is 0. The molecule has 1 aromatic rings. The number of rotatable bonds is 6. The third-order valence-corrected chi connectivity index (χ3v) is 2.43. The molecule has 1 unspecified atom stereocenters. The summed E-state index contributed by atoms with van der Waals surface area (Å²) in [4.78, 5) is 0. The first kappa shape index (κ1) is 19.9. The minimum Gasteiger partial charge on any atom is -0.390 e. The van der Waals surface area contributed by atoms with Crippen LogP contribution in [0, 0.1) is 6.92 Å². The summed E-state index contributed by atoms with van der Waals surface area (Å²) in [5.41, 5.74) is 2.29. The van der Waals surface area contributed by atoms with E-state index in [2.05, 4.69) is 37.5 Å². The van der Waals surface area contributed by atoms with Crippen molar-refractivity contribution < 1.29 is 5.11 Å². The molecule has 3 nitrogen and oxygen atoms in total. The van der Waals surface area contributed by atoms with Crippen LogP contribution >= 0.6 is 24.8 Å². The summed E-state index contributed by atoms with van der Waals surface area (Å²) >= 11 is 0. The second kappa shape index (κ2) is 10.4. The van der Waals surface area contributed by atoms with Crippen molar-refractivity contribution in [3.8, 4) is 0 Å². The molecule has 5 heteroatoms. The van der Waals surface area contributed by atoms with Crippen LogP contribution in [0.25, 0.3) is 0 Å². The Morgan fingerprint density at radius 2 is 1.72 bits per heavy atom. The van der Waals surface area contributed by atoms with Crippen LogP contribution in [0.3, 0.4) is 0 Å². The quantitative estimate of drug-likeness (QED) is 0.756. The first-order valence-electron chi connectivity index (χ1n) is 5.80. The number of halogens is 2. The van der Waals surface area contributed by atoms with Gasteiger partial charge in [0.1, 0.15) is 0 Å². The van der Waals surface area contributed by atoms with Crippen LogP contribution in [0.15, 0.2) is 24.3 Å². The van der Waals surface area contributed by atoms with E-state index in [1.807, 2.05) is 18.2 Å². The maximum absolute atomic E-state index is 9.73. The highest BCUT2D eigenvalue weighted by Crippen LogP contribution is 2.12. The molecule has 18 heavy (non-hydrogen) atoms. The monoisotopic (exact) mass is 294 g/mol. The summed E-state index contributed by atoms with van der Waals surface area (Å²) in [5, 5.41) is 16.2. The van der Waals surface area contributed by atoms with Gasteiger partial charge in [-0.15, -0.1) is 24.8 Å². The van der Waals surface area contributed by atoms with Gasteiger partial charge in [0.25, 0.3) is 0 Å². The topological polar surface area (TPSA) is 44.3 Å². The number of hydrogen-bond donors (Lipinski definition) is 3. The summed E-state index contributed by atoms with van der Waals surface area (Å²) in [6.45, 7) is 7.39. The minimum atomic E-state index is -0.359. The van der Waals surface area contributed by atoms with Gasteiger partial charge >= 0.3 is 0 Å². The normalized spacial score (nSPS) is 11.4. The van der Waals surface area contributed by atoms with Crippen molar-refractivity contribution in [2.24, 2.45) is 0 Å². The van der Waals surface area contributed by atoms with Gasteiger partial charge in [0.15, 0.2) is 0 Å². The summed E-state index contributed by atoms with van der Waals surface area (Å²) in [6.07, 6.45) is -0.359. The molecule has 0 saturated heterocycles. The lowest BCUT2D eigenvalue weighted by atomic mass is 10.2. The van der Waals surface area contributed by atoms with Crippen LogP contribution in [0.1, 0.15) is 19.4 Å². The largest absolute Gasteiger partial charge is 0.390 e. The molecule has 0 fully saturated rings. The molecule has 1 aromatic carbocycles. The maximum Gasteiger partial charge on any atom is 0.0836 e. The molecule has 0 heterocycles. The van der Waals surface area contributed by atoms with Crippen LogP contribution in [-0.2, 0) is 0 Å². The van der Waals surface area contributed by atoms with Gasteiger partial charge in [-0.05, 0) is 18.6 Å². The lowest BCUT2D eigenvalue weighted by Gasteiger charge is -2.16. The molecule has 1 rings (SSSR count). The first-order chi connectivity index (χ1) is 7.59. The predicted octanol–water partition coefficient (Wildman–Crippen LogP) is 2.61. The average molecular weight is 295 g/mol. The molecule has 0 radical (unpaired) electrons. The Labute approximate surface area is 122 Å². The minimum absolute atomic E-state index is 0. The highest BCUT2D eigenvalue weighted by atomic mass is 35.5. The van der Waals surface area contributed by atoms with Crippen molar-refractivity contribution in [3.63, 3.8) is 0 Å². The Hall–Kier alpha value is -0.480. The Morgan fingerprint density at radius 3 is 2.28 bits per heavy atom. The number of benzene rings is 1. The highest BCUT2D eigenvalue weighted by Gasteiger charge is 2.05. The molecule has 0 spiro atoms. The standard InChI is InChI=1S/C13H22N2O.2ClH/c1-10(2)14-8-12(16)9-15-13-7-5-4-6-11(13)3;;/h4-7,10,12,14-16H,8-9H2,1-3H3;2*1H. The summed E-state index contributed by atoms with van der Waals surface area (Å²) < 4.78 is 0. The second-order valence-electron chi connectivity index (χ2n) is 4.41. The molecule has 0 aliphatic carbocycles. The van der Waals surface area contributed by atoms with Crippen LogP contribution in [-0.4, -0.2) is 30.3 Å². The van der Waals surface area contributed by atoms with Gasteiger partial charge in [-0.3, -0.25) is 0 Å². The van der Waals surface area contributed by atoms with Gasteiger partial charge in [-0.1, -0.05) is 32.0 Å². The van der Waals surface area contributed by atoms with Crippen molar-refractivity contribution in [2.45, 2.75) is 32.9 Å². The SMILES string of the molecule is Cc1ccccc1NCC(O)CNC(C)C.Cl.Cl. The van der Waals surface area contributed by atoms with Crippen molar-refractivity contribution in [2.75, 3.05) is 18.4 Å². The van der Waals surface area contributed by atoms with E-state index in [0.717, 1.165) is 5.69 Å². The molecule has 0 amide bonds. The number of nitrogens with one attached hydrogen (secondary N) is 2. The summed E-state index contributed by atoms with van der Waals surface area (Å²) in [6, 6.07) is 8.50. The Morgan fingerprint density at radius 1 is 1.11 bits per heavy atom. The lowest BCUT2D eigenvalue weighted by Crippen LogP contribution is -2.35. The van der Waals surface area contributed by atoms with E-state index in [4.69, 9.17) is 0 Å². The molecule has 0 aliphatic rings. The average Bonchev–Trinajstić information content (AvgIpc) is 2.25. The molecule has 0 aliphatic heterocycles. The molecule has 0 saturated carbocycles. The predicted molar refractivity (Wildman–Crippen MR) is 83.3 cm³/mol. The van der Waals surface area contributed by atoms with Crippen molar-refractivity contribution in [1.29, 1.82) is 0 Å². The fourth-order valence-corrected chi connectivity index (χ4v) is 1.44. The van der Waals surface area contributed by atoms with E-state index in [1.54, 1.807) is 0 Å². The molecule has 0 bridgehead atoms. The zero-order valence-corrected chi connectivity index (χ0v) is 12.8. The Balaban J connectivity index is 0. The molecule has 3 N–H and O–H groups in total. The van der Waals surface area contributed by atoms with Crippen LogP contribution in [0.4, 0.5) is 5.69 Å². The van der Waals surface area contributed by atoms with E-state index in [-0.39, 0.29) is 30.9 Å². The zero-order valence-electron chi connectivity index (χ0n) is 11.1. The van der Waals surface area contributed by atoms with Crippen molar-refractivity contribution in [3.05, 3.63) is 29.8 Å². The Bertz CT molecular complexity index is 322. The number of aryl methyl sites for hydroxylation is 1. The van der Waals surface area contributed by atoms with Gasteiger partial charge in [0, 0.05) is 24.8 Å². The van der Waals surface area contributed by atoms with Gasteiger partial charge in [0.2, 0.25) is 0 Å². The van der Waals surface area contributed by atoms with E-state index in [9.17, 15) is 5.11 Å². The molecule has 0 aromatic heterocycles. The first-order valence-corrected chi connectivity index (χ1v) is 5.80. The van der Waals surface area contributed by atoms with E-state index in [1.165, 1.54) is 5.56 Å². The summed E-state index contributed by atoms with van der Waals surface area (Å²) in [5.74, 6) is 0. The lowest BCUT2D eigenvalue weighted by molar-refractivity contribution is 0.181. The fourth-order valence-electron chi connectivity index (χ4n) is 1.44. The van der Waals surface area contributed by atoms with E-state index < -0.39 is 0 Å². The number of aliphatic hydroxyl groups excluding tert-OH is 1. The van der Waals surface area contributed by atoms with Gasteiger partial charge in [-0.25, -0.2) is 0 Å². The second-order valence-corrected chi connectivity index (χ2v) is 4.41. The highest BCUT2D eigenvalue weighted by molar-refractivity contribution is 5.85. The van der Waals surface area contributed by atoms with Gasteiger partial charge in [0.05, 0.1) is 6.10 Å². The number of anilines is 1. The fraction of sp³-hybridized carbons (Fsp3) is 0.538. The Kier molecular flexibility index (Phi) is 11.5. The van der Waals surface area contributed by atoms with Crippen molar-refractivity contribution >= 4 is 30.5 Å². The third-order valence-electron chi connectivity index (χ3n) is 2.43. The number of para-hydroxylation sites is 1. The molecule has 1 atom stereocenters. The molecular weight excluding hydrogens is 271 g/mol. The number of aliphatic hydroxyl groups is 1. The van der Waals surface area contributed by atoms with Gasteiger partial charge in [-0.2, -0.15) is 0 Å². The third kappa shape index (κ3) is 7.77.